The average Bonchev–Trinajstić information content (AvgIpc) is 3.20. The Bertz CT molecular complexity index is 1350. The Morgan fingerprint density at radius 1 is 0.889 bits per heavy atom. The third-order valence-corrected chi connectivity index (χ3v) is 6.99. The van der Waals surface area contributed by atoms with Crippen LogP contribution in [0.2, 0.25) is 5.02 Å². The third-order valence-electron chi connectivity index (χ3n) is 6.74. The van der Waals surface area contributed by atoms with Gasteiger partial charge >= 0.3 is 6.09 Å². The first-order valence-electron chi connectivity index (χ1n) is 12.0. The molecule has 2 N–H and O–H groups in total. The highest BCUT2D eigenvalue weighted by Crippen LogP contribution is 2.44. The minimum absolute atomic E-state index is 0.0179. The lowest BCUT2D eigenvalue weighted by Crippen LogP contribution is -2.31. The van der Waals surface area contributed by atoms with Gasteiger partial charge in [-0.25, -0.2) is 4.79 Å². The Labute approximate surface area is 216 Å². The zero-order valence-corrected chi connectivity index (χ0v) is 21.0. The molecule has 4 aromatic carbocycles. The van der Waals surface area contributed by atoms with E-state index in [1.807, 2.05) is 60.7 Å². The molecular weight excluding hydrogens is 470 g/mol. The molecule has 5 rings (SSSR count). The van der Waals surface area contributed by atoms with Crippen LogP contribution in [0.3, 0.4) is 0 Å². The van der Waals surface area contributed by atoms with Gasteiger partial charge in [-0.15, -0.1) is 0 Å². The molecule has 5 heteroatoms. The van der Waals surface area contributed by atoms with Crippen LogP contribution in [0.5, 0.6) is 0 Å². The molecule has 0 aromatic heterocycles. The zero-order chi connectivity index (χ0) is 25.3. The molecule has 0 saturated carbocycles. The molecule has 0 heterocycles. The van der Waals surface area contributed by atoms with E-state index < -0.39 is 17.7 Å². The van der Waals surface area contributed by atoms with Crippen molar-refractivity contribution in [1.82, 2.24) is 5.32 Å². The molecular formula is C31H28ClNO3. The number of aliphatic hydroxyl groups is 1. The van der Waals surface area contributed by atoms with Crippen LogP contribution in [-0.4, -0.2) is 17.8 Å². The molecule has 1 unspecified atom stereocenters. The first kappa shape index (κ1) is 24.1. The second kappa shape index (κ2) is 9.81. The van der Waals surface area contributed by atoms with Crippen molar-refractivity contribution in [3.05, 3.63) is 130 Å². The zero-order valence-electron chi connectivity index (χ0n) is 20.2. The minimum atomic E-state index is -1.01. The molecule has 0 radical (unpaired) electrons. The van der Waals surface area contributed by atoms with Gasteiger partial charge in [0.05, 0.1) is 11.6 Å². The maximum absolute atomic E-state index is 13.1. The highest BCUT2D eigenvalue weighted by atomic mass is 35.5. The number of carbonyl (C=O) groups is 1. The summed E-state index contributed by atoms with van der Waals surface area (Å²) in [6, 6.07) is 31.0. The van der Waals surface area contributed by atoms with Crippen LogP contribution in [0, 0.1) is 0 Å². The highest BCUT2D eigenvalue weighted by Gasteiger charge is 2.29. The molecule has 4 nitrogen and oxygen atoms in total. The van der Waals surface area contributed by atoms with Crippen molar-refractivity contribution in [2.24, 2.45) is 0 Å². The molecule has 0 saturated heterocycles. The van der Waals surface area contributed by atoms with Gasteiger partial charge in [-0.2, -0.15) is 0 Å². The summed E-state index contributed by atoms with van der Waals surface area (Å²) in [4.78, 5) is 13.1. The molecule has 4 aromatic rings. The van der Waals surface area contributed by atoms with E-state index in [0.29, 0.717) is 5.02 Å². The van der Waals surface area contributed by atoms with Crippen molar-refractivity contribution in [3.8, 4) is 11.1 Å². The van der Waals surface area contributed by atoms with Gasteiger partial charge in [-0.05, 0) is 64.9 Å². The van der Waals surface area contributed by atoms with E-state index in [1.165, 1.54) is 22.3 Å². The number of fused-ring (bicyclic) bond motifs is 3. The van der Waals surface area contributed by atoms with Crippen molar-refractivity contribution in [2.75, 3.05) is 6.61 Å². The van der Waals surface area contributed by atoms with E-state index in [1.54, 1.807) is 26.0 Å². The van der Waals surface area contributed by atoms with Crippen LogP contribution in [-0.2, 0) is 10.3 Å². The number of halogens is 1. The second-order valence-corrected chi connectivity index (χ2v) is 10.1. The molecule has 1 aliphatic rings. The van der Waals surface area contributed by atoms with Crippen LogP contribution < -0.4 is 5.32 Å². The molecule has 1 amide bonds. The van der Waals surface area contributed by atoms with Gasteiger partial charge in [0.2, 0.25) is 0 Å². The summed E-state index contributed by atoms with van der Waals surface area (Å²) < 4.78 is 5.81. The lowest BCUT2D eigenvalue weighted by atomic mass is 9.92. The Balaban J connectivity index is 1.39. The van der Waals surface area contributed by atoms with E-state index >= 15 is 0 Å². The summed E-state index contributed by atoms with van der Waals surface area (Å²) in [6.45, 7) is 3.71. The third kappa shape index (κ3) is 4.88. The van der Waals surface area contributed by atoms with Crippen LogP contribution in [0.15, 0.2) is 97.1 Å². The molecule has 36 heavy (non-hydrogen) atoms. The van der Waals surface area contributed by atoms with Gasteiger partial charge < -0.3 is 15.2 Å². The van der Waals surface area contributed by atoms with Crippen molar-refractivity contribution < 1.29 is 14.6 Å². The topological polar surface area (TPSA) is 58.6 Å². The number of nitrogens with one attached hydrogen (secondary N) is 1. The van der Waals surface area contributed by atoms with Crippen molar-refractivity contribution >= 4 is 17.7 Å². The maximum atomic E-state index is 13.1. The molecule has 1 aliphatic carbocycles. The van der Waals surface area contributed by atoms with Gasteiger partial charge in [0.15, 0.2) is 0 Å². The van der Waals surface area contributed by atoms with E-state index in [9.17, 15) is 9.90 Å². The first-order valence-corrected chi connectivity index (χ1v) is 12.4. The second-order valence-electron chi connectivity index (χ2n) is 9.64. The van der Waals surface area contributed by atoms with Gasteiger partial charge in [-0.1, -0.05) is 96.5 Å². The summed E-state index contributed by atoms with van der Waals surface area (Å²) in [6.07, 6.45) is -0.509. The van der Waals surface area contributed by atoms with Crippen molar-refractivity contribution in [3.63, 3.8) is 0 Å². The summed E-state index contributed by atoms with van der Waals surface area (Å²) in [5.41, 5.74) is 6.15. The number of hydrogen-bond acceptors (Lipinski definition) is 3. The number of hydrogen-bond donors (Lipinski definition) is 2. The Morgan fingerprint density at radius 3 is 2.11 bits per heavy atom. The Kier molecular flexibility index (Phi) is 6.57. The number of benzene rings is 4. The SMILES string of the molecule is CC(C)(O)c1cccc(C(NC(=O)OCC2c3ccccc3-c3ccccc32)c2ccc(Cl)cc2)c1. The van der Waals surface area contributed by atoms with Gasteiger partial charge in [0.25, 0.3) is 0 Å². The number of rotatable bonds is 6. The lowest BCUT2D eigenvalue weighted by Gasteiger charge is -2.24. The fourth-order valence-corrected chi connectivity index (χ4v) is 5.00. The fourth-order valence-electron chi connectivity index (χ4n) is 4.87. The summed E-state index contributed by atoms with van der Waals surface area (Å²) in [5.74, 6) is -0.0179. The summed E-state index contributed by atoms with van der Waals surface area (Å²) >= 11 is 6.11. The monoisotopic (exact) mass is 497 g/mol. The van der Waals surface area contributed by atoms with Gasteiger partial charge in [0.1, 0.15) is 6.61 Å². The molecule has 1 atom stereocenters. The number of carbonyl (C=O) groups excluding carboxylic acids is 1. The van der Waals surface area contributed by atoms with E-state index in [0.717, 1.165) is 16.7 Å². The quantitative estimate of drug-likeness (QED) is 0.296. The predicted molar refractivity (Wildman–Crippen MR) is 143 cm³/mol. The molecule has 0 bridgehead atoms. The molecule has 0 spiro atoms. The fraction of sp³-hybridized carbons (Fsp3) is 0.194. The van der Waals surface area contributed by atoms with Crippen molar-refractivity contribution in [2.45, 2.75) is 31.4 Å². The Hall–Kier alpha value is -3.60. The van der Waals surface area contributed by atoms with Crippen LogP contribution in [0.1, 0.15) is 53.6 Å². The highest BCUT2D eigenvalue weighted by molar-refractivity contribution is 6.30. The van der Waals surface area contributed by atoms with E-state index in [2.05, 4.69) is 29.6 Å². The van der Waals surface area contributed by atoms with Crippen molar-refractivity contribution in [1.29, 1.82) is 0 Å². The number of ether oxygens (including phenoxy) is 1. The molecule has 182 valence electrons. The number of alkyl carbamates (subject to hydrolysis) is 1. The average molecular weight is 498 g/mol. The summed E-state index contributed by atoms with van der Waals surface area (Å²) in [5, 5.41) is 14.2. The van der Waals surface area contributed by atoms with Crippen LogP contribution in [0.4, 0.5) is 4.79 Å². The van der Waals surface area contributed by atoms with Gasteiger partial charge in [-0.3, -0.25) is 0 Å². The standard InChI is InChI=1S/C31H28ClNO3/c1-31(2,35)22-9-7-8-21(18-22)29(20-14-16-23(32)17-15-20)33-30(34)36-19-28-26-12-5-3-10-24(26)25-11-4-6-13-27(25)28/h3-18,28-29,35H,19H2,1-2H3,(H,33,34). The maximum Gasteiger partial charge on any atom is 0.407 e. The number of amides is 1. The summed E-state index contributed by atoms with van der Waals surface area (Å²) in [7, 11) is 0. The molecule has 0 fully saturated rings. The minimum Gasteiger partial charge on any atom is -0.449 e. The first-order chi connectivity index (χ1) is 17.3. The van der Waals surface area contributed by atoms with E-state index in [4.69, 9.17) is 16.3 Å². The largest absolute Gasteiger partial charge is 0.449 e. The smallest absolute Gasteiger partial charge is 0.407 e. The van der Waals surface area contributed by atoms with Gasteiger partial charge in [0, 0.05) is 10.9 Å². The normalized spacial score (nSPS) is 13.6. The molecule has 0 aliphatic heterocycles. The van der Waals surface area contributed by atoms with E-state index in [-0.39, 0.29) is 12.5 Å². The van der Waals surface area contributed by atoms with Crippen LogP contribution in [0.25, 0.3) is 11.1 Å². The Morgan fingerprint density at radius 2 is 1.50 bits per heavy atom. The predicted octanol–water partition coefficient (Wildman–Crippen LogP) is 7.20. The van der Waals surface area contributed by atoms with Crippen LogP contribution >= 0.6 is 11.6 Å². The lowest BCUT2D eigenvalue weighted by molar-refractivity contribution is 0.0785.